The molecule has 0 unspecified atom stereocenters. The van der Waals surface area contributed by atoms with Crippen LogP contribution in [0.2, 0.25) is 10.0 Å². The zero-order chi connectivity index (χ0) is 30.2. The van der Waals surface area contributed by atoms with Crippen molar-refractivity contribution in [3.8, 4) is 17.2 Å². The Morgan fingerprint density at radius 3 is 2.35 bits per heavy atom. The van der Waals surface area contributed by atoms with Crippen LogP contribution in [0.3, 0.4) is 0 Å². The molecular formula is C33H36Cl2N2O6. The number of hydrogen-bond donors (Lipinski definition) is 3. The summed E-state index contributed by atoms with van der Waals surface area (Å²) in [5, 5.41) is 33.5. The van der Waals surface area contributed by atoms with E-state index in [2.05, 4.69) is 4.90 Å². The van der Waals surface area contributed by atoms with Crippen molar-refractivity contribution in [1.29, 1.82) is 0 Å². The number of carbonyl (C=O) groups is 1. The maximum Gasteiger partial charge on any atom is 0.257 e. The molecule has 1 atom stereocenters. The fraction of sp³-hybridized carbons (Fsp3) is 0.424. The van der Waals surface area contributed by atoms with Gasteiger partial charge >= 0.3 is 0 Å². The van der Waals surface area contributed by atoms with Crippen molar-refractivity contribution in [1.82, 2.24) is 9.80 Å². The second kappa shape index (κ2) is 12.2. The van der Waals surface area contributed by atoms with Gasteiger partial charge in [-0.3, -0.25) is 4.79 Å². The van der Waals surface area contributed by atoms with Gasteiger partial charge in [-0.25, -0.2) is 0 Å². The molecule has 2 saturated heterocycles. The third kappa shape index (κ3) is 6.59. The molecule has 43 heavy (non-hydrogen) atoms. The van der Waals surface area contributed by atoms with E-state index in [1.54, 1.807) is 17.0 Å². The minimum atomic E-state index is -1.03. The topological polar surface area (TPSA) is 103 Å². The quantitative estimate of drug-likeness (QED) is 0.338. The van der Waals surface area contributed by atoms with E-state index in [0.717, 1.165) is 49.2 Å². The first-order valence-electron chi connectivity index (χ1n) is 14.7. The van der Waals surface area contributed by atoms with Gasteiger partial charge in [0.15, 0.2) is 0 Å². The van der Waals surface area contributed by atoms with Gasteiger partial charge in [-0.1, -0.05) is 35.3 Å². The molecular weight excluding hydrogens is 591 g/mol. The number of fused-ring (bicyclic) bond motifs is 1. The molecule has 1 spiro atoms. The number of likely N-dealkylation sites (tertiary alicyclic amines) is 2. The summed E-state index contributed by atoms with van der Waals surface area (Å²) in [6.45, 7) is 2.69. The summed E-state index contributed by atoms with van der Waals surface area (Å²) in [6, 6.07) is 17.3. The highest BCUT2D eigenvalue weighted by Gasteiger charge is 2.42. The van der Waals surface area contributed by atoms with Crippen LogP contribution in [0.4, 0.5) is 0 Å². The van der Waals surface area contributed by atoms with Crippen LogP contribution in [0.15, 0.2) is 60.7 Å². The first kappa shape index (κ1) is 30.0. The zero-order valence-electron chi connectivity index (χ0n) is 23.8. The number of halogens is 2. The summed E-state index contributed by atoms with van der Waals surface area (Å²) in [5.74, 6) is 0.848. The van der Waals surface area contributed by atoms with Crippen LogP contribution in [-0.4, -0.2) is 82.1 Å². The van der Waals surface area contributed by atoms with Gasteiger partial charge in [0.25, 0.3) is 5.91 Å². The lowest BCUT2D eigenvalue weighted by Gasteiger charge is -2.39. The molecule has 0 saturated carbocycles. The third-order valence-corrected chi connectivity index (χ3v) is 9.47. The maximum absolute atomic E-state index is 13.5. The Balaban J connectivity index is 1.01. The molecule has 3 heterocycles. The summed E-state index contributed by atoms with van der Waals surface area (Å²) < 4.78 is 12.3. The molecule has 3 N–H and O–H groups in total. The lowest BCUT2D eigenvalue weighted by atomic mass is 9.84. The number of aliphatic hydroxyl groups excluding tert-OH is 1. The number of β-amino-alcohol motifs (C(OH)–C–C–N with tert-alkyl or cyclic N) is 1. The van der Waals surface area contributed by atoms with Crippen molar-refractivity contribution < 1.29 is 29.6 Å². The van der Waals surface area contributed by atoms with Crippen molar-refractivity contribution in [2.75, 3.05) is 39.3 Å². The number of amides is 1. The number of carbonyl (C=O) groups excluding carboxylic acids is 1. The molecule has 0 aromatic heterocycles. The molecule has 3 aromatic carbocycles. The minimum absolute atomic E-state index is 0.0257. The fourth-order valence-corrected chi connectivity index (χ4v) is 6.79. The molecule has 1 amide bonds. The number of aliphatic hydroxyl groups is 2. The van der Waals surface area contributed by atoms with Crippen LogP contribution >= 0.6 is 23.2 Å². The van der Waals surface area contributed by atoms with E-state index >= 15 is 0 Å². The lowest BCUT2D eigenvalue weighted by molar-refractivity contribution is -0.0212. The SMILES string of the molecule is O=C(c1ccc(O)cc1OC[C@@H](O)CN1CCC2(CC1)Cc1cc(Cl)ccc1O2)N1CCC(O)(c2ccc(Cl)cc2)CC1. The Bertz CT molecular complexity index is 1470. The van der Waals surface area contributed by atoms with E-state index in [-0.39, 0.29) is 29.6 Å². The Morgan fingerprint density at radius 1 is 0.930 bits per heavy atom. The van der Waals surface area contributed by atoms with Crippen LogP contribution in [0.25, 0.3) is 0 Å². The summed E-state index contributed by atoms with van der Waals surface area (Å²) in [4.78, 5) is 17.4. The van der Waals surface area contributed by atoms with Crippen molar-refractivity contribution in [3.63, 3.8) is 0 Å². The Hall–Kier alpha value is -3.01. The first-order valence-corrected chi connectivity index (χ1v) is 15.5. The van der Waals surface area contributed by atoms with E-state index in [1.165, 1.54) is 18.2 Å². The average Bonchev–Trinajstić information content (AvgIpc) is 3.34. The van der Waals surface area contributed by atoms with Crippen LogP contribution in [0, 0.1) is 0 Å². The minimum Gasteiger partial charge on any atom is -0.508 e. The molecule has 3 aliphatic heterocycles. The molecule has 0 radical (unpaired) electrons. The van der Waals surface area contributed by atoms with Crippen molar-refractivity contribution in [2.45, 2.75) is 49.4 Å². The number of phenolic OH excluding ortho intramolecular Hbond substituents is 1. The lowest BCUT2D eigenvalue weighted by Crippen LogP contribution is -2.49. The molecule has 10 heteroatoms. The molecule has 3 aromatic rings. The summed E-state index contributed by atoms with van der Waals surface area (Å²) in [6.07, 6.45) is 2.52. The zero-order valence-corrected chi connectivity index (χ0v) is 25.4. The van der Waals surface area contributed by atoms with Gasteiger partial charge in [0.05, 0.1) is 11.2 Å². The van der Waals surface area contributed by atoms with Gasteiger partial charge in [-0.05, 0) is 66.4 Å². The van der Waals surface area contributed by atoms with Gasteiger partial charge in [0.1, 0.15) is 35.6 Å². The highest BCUT2D eigenvalue weighted by molar-refractivity contribution is 6.30. The van der Waals surface area contributed by atoms with Crippen LogP contribution in [0.1, 0.15) is 47.2 Å². The predicted octanol–water partition coefficient (Wildman–Crippen LogP) is 5.03. The average molecular weight is 628 g/mol. The van der Waals surface area contributed by atoms with Crippen LogP contribution < -0.4 is 9.47 Å². The number of benzene rings is 3. The van der Waals surface area contributed by atoms with Gasteiger partial charge < -0.3 is 34.6 Å². The fourth-order valence-electron chi connectivity index (χ4n) is 6.47. The first-order chi connectivity index (χ1) is 20.6. The standard InChI is InChI=1S/C33H36Cl2N2O6/c34-24-3-1-23(2-4-24)33(41)11-15-37(16-12-33)31(40)28-7-6-26(38)18-30(28)42-21-27(39)20-36-13-9-32(10-14-36)19-22-17-25(35)5-8-29(22)43-32/h1-8,17-18,27,38-39,41H,9-16,19-21H2/t27-/m0/s1. The van der Waals surface area contributed by atoms with Crippen LogP contribution in [0.5, 0.6) is 17.2 Å². The third-order valence-electron chi connectivity index (χ3n) is 8.98. The largest absolute Gasteiger partial charge is 0.508 e. The highest BCUT2D eigenvalue weighted by Crippen LogP contribution is 2.42. The molecule has 3 aliphatic rings. The Kier molecular flexibility index (Phi) is 8.50. The molecule has 2 fully saturated rings. The summed E-state index contributed by atoms with van der Waals surface area (Å²) in [5.41, 5.74) is 0.977. The maximum atomic E-state index is 13.5. The number of ether oxygens (including phenoxy) is 2. The van der Waals surface area contributed by atoms with Gasteiger partial charge in [0.2, 0.25) is 0 Å². The van der Waals surface area contributed by atoms with Gasteiger partial charge in [-0.2, -0.15) is 0 Å². The monoisotopic (exact) mass is 626 g/mol. The Morgan fingerprint density at radius 2 is 1.63 bits per heavy atom. The molecule has 6 rings (SSSR count). The number of aromatic hydroxyl groups is 1. The van der Waals surface area contributed by atoms with Crippen molar-refractivity contribution in [3.05, 3.63) is 87.4 Å². The Labute approximate surface area is 261 Å². The normalized spacial score (nSPS) is 20.0. The van der Waals surface area contributed by atoms with Crippen molar-refractivity contribution >= 4 is 29.1 Å². The number of hydrogen-bond acceptors (Lipinski definition) is 7. The molecule has 8 nitrogen and oxygen atoms in total. The number of piperidine rings is 2. The molecule has 0 aliphatic carbocycles. The summed E-state index contributed by atoms with van der Waals surface area (Å²) >= 11 is 12.2. The van der Waals surface area contributed by atoms with E-state index in [1.807, 2.05) is 30.3 Å². The smallest absolute Gasteiger partial charge is 0.257 e. The van der Waals surface area contributed by atoms with Crippen LogP contribution in [-0.2, 0) is 12.0 Å². The second-order valence-electron chi connectivity index (χ2n) is 12.0. The second-order valence-corrected chi connectivity index (χ2v) is 12.9. The van der Waals surface area contributed by atoms with Crippen molar-refractivity contribution in [2.24, 2.45) is 0 Å². The number of nitrogens with zero attached hydrogens (tertiary/aromatic N) is 2. The van der Waals surface area contributed by atoms with Gasteiger partial charge in [-0.15, -0.1) is 0 Å². The van der Waals surface area contributed by atoms with E-state index in [0.29, 0.717) is 48.1 Å². The number of rotatable bonds is 7. The number of phenols is 1. The molecule has 0 bridgehead atoms. The van der Waals surface area contributed by atoms with Gasteiger partial charge in [0, 0.05) is 68.1 Å². The van der Waals surface area contributed by atoms with E-state index in [9.17, 15) is 20.1 Å². The van der Waals surface area contributed by atoms with E-state index in [4.69, 9.17) is 32.7 Å². The summed E-state index contributed by atoms with van der Waals surface area (Å²) in [7, 11) is 0. The highest BCUT2D eigenvalue weighted by atomic mass is 35.5. The molecule has 228 valence electrons. The van der Waals surface area contributed by atoms with E-state index < -0.39 is 11.7 Å². The predicted molar refractivity (Wildman–Crippen MR) is 164 cm³/mol.